The van der Waals surface area contributed by atoms with Crippen molar-refractivity contribution in [1.82, 2.24) is 0 Å². The van der Waals surface area contributed by atoms with Crippen LogP contribution in [0.4, 0.5) is 0 Å². The Bertz CT molecular complexity index is 402. The van der Waals surface area contributed by atoms with E-state index in [1.807, 2.05) is 0 Å². The minimum Gasteiger partial charge on any atom is -0.347 e. The molecule has 4 fully saturated rings. The van der Waals surface area contributed by atoms with Crippen molar-refractivity contribution in [2.45, 2.75) is 50.1 Å². The summed E-state index contributed by atoms with van der Waals surface area (Å²) < 4.78 is 23.4. The van der Waals surface area contributed by atoms with E-state index >= 15 is 0 Å². The molecule has 2 saturated heterocycles. The molecule has 0 aromatic heterocycles. The molecule has 0 aromatic carbocycles. The fourth-order valence-corrected chi connectivity index (χ4v) is 4.63. The van der Waals surface area contributed by atoms with E-state index in [9.17, 15) is 5.26 Å². The molecule has 0 N–H and O–H groups in total. The Hall–Kier alpha value is -0.670. The number of hydrogen-bond acceptors (Lipinski definition) is 5. The SMILES string of the molecule is N#CC12CC3(CCC1CCC1(C2)OCCO1)OCCO3. The van der Waals surface area contributed by atoms with Crippen molar-refractivity contribution in [2.75, 3.05) is 26.4 Å². The monoisotopic (exact) mass is 279 g/mol. The third-order valence-corrected chi connectivity index (χ3v) is 5.55. The summed E-state index contributed by atoms with van der Waals surface area (Å²) in [6.07, 6.45) is 5.16. The first kappa shape index (κ1) is 13.0. The molecule has 2 aliphatic carbocycles. The van der Waals surface area contributed by atoms with Crippen LogP contribution >= 0.6 is 0 Å². The second-order valence-electron chi connectivity index (χ2n) is 6.61. The molecule has 0 aromatic rings. The second-order valence-corrected chi connectivity index (χ2v) is 6.61. The maximum Gasteiger partial charge on any atom is 0.170 e. The van der Waals surface area contributed by atoms with Crippen molar-refractivity contribution in [2.24, 2.45) is 11.3 Å². The highest BCUT2D eigenvalue weighted by Gasteiger charge is 2.60. The van der Waals surface area contributed by atoms with Crippen molar-refractivity contribution in [3.63, 3.8) is 0 Å². The van der Waals surface area contributed by atoms with Crippen LogP contribution in [0.3, 0.4) is 0 Å². The van der Waals surface area contributed by atoms with E-state index in [0.29, 0.717) is 45.2 Å². The van der Waals surface area contributed by atoms with Gasteiger partial charge in [-0.25, -0.2) is 0 Å². The van der Waals surface area contributed by atoms with E-state index in [0.717, 1.165) is 25.7 Å². The van der Waals surface area contributed by atoms with Crippen molar-refractivity contribution < 1.29 is 18.9 Å². The molecule has 5 heteroatoms. The molecule has 4 rings (SSSR count). The molecule has 0 atom stereocenters. The van der Waals surface area contributed by atoms with Crippen LogP contribution in [0.1, 0.15) is 38.5 Å². The van der Waals surface area contributed by atoms with Gasteiger partial charge >= 0.3 is 0 Å². The molecule has 0 radical (unpaired) electrons. The zero-order chi connectivity index (χ0) is 13.7. The van der Waals surface area contributed by atoms with Gasteiger partial charge in [-0.1, -0.05) is 0 Å². The van der Waals surface area contributed by atoms with Gasteiger partial charge in [0.05, 0.1) is 37.9 Å². The topological polar surface area (TPSA) is 60.7 Å². The van der Waals surface area contributed by atoms with Crippen molar-refractivity contribution >= 4 is 0 Å². The number of ether oxygens (including phenoxy) is 4. The largest absolute Gasteiger partial charge is 0.347 e. The van der Waals surface area contributed by atoms with E-state index < -0.39 is 17.0 Å². The Morgan fingerprint density at radius 1 is 0.800 bits per heavy atom. The van der Waals surface area contributed by atoms with Crippen molar-refractivity contribution in [3.8, 4) is 6.07 Å². The smallest absolute Gasteiger partial charge is 0.170 e. The fraction of sp³-hybridized carbons (Fsp3) is 0.933. The summed E-state index contributed by atoms with van der Waals surface area (Å²) in [5, 5.41) is 9.89. The fourth-order valence-electron chi connectivity index (χ4n) is 4.63. The first-order chi connectivity index (χ1) is 9.70. The molecule has 110 valence electrons. The predicted octanol–water partition coefficient (Wildman–Crippen LogP) is 1.97. The summed E-state index contributed by atoms with van der Waals surface area (Å²) in [6, 6.07) is 2.60. The Morgan fingerprint density at radius 3 is 1.65 bits per heavy atom. The highest BCUT2D eigenvalue weighted by atomic mass is 16.7. The number of fused-ring (bicyclic) bond motifs is 1. The van der Waals surface area contributed by atoms with Crippen molar-refractivity contribution in [3.05, 3.63) is 0 Å². The highest BCUT2D eigenvalue weighted by molar-refractivity contribution is 5.13. The molecule has 0 bridgehead atoms. The molecule has 2 spiro atoms. The Morgan fingerprint density at radius 2 is 1.25 bits per heavy atom. The Labute approximate surface area is 119 Å². The first-order valence-corrected chi connectivity index (χ1v) is 7.67. The van der Waals surface area contributed by atoms with Crippen LogP contribution in [0.15, 0.2) is 0 Å². The molecular weight excluding hydrogens is 258 g/mol. The molecule has 5 nitrogen and oxygen atoms in total. The van der Waals surface area contributed by atoms with E-state index in [1.54, 1.807) is 0 Å². The number of hydrogen-bond donors (Lipinski definition) is 0. The van der Waals surface area contributed by atoms with Gasteiger partial charge in [-0.2, -0.15) is 5.26 Å². The molecule has 2 heterocycles. The number of nitrogens with zero attached hydrogens (tertiary/aromatic N) is 1. The molecule has 2 saturated carbocycles. The average molecular weight is 279 g/mol. The average Bonchev–Trinajstić information content (AvgIpc) is 3.09. The van der Waals surface area contributed by atoms with Gasteiger partial charge in [-0.3, -0.25) is 0 Å². The Balaban J connectivity index is 1.63. The summed E-state index contributed by atoms with van der Waals surface area (Å²) in [5.74, 6) is -0.628. The van der Waals surface area contributed by atoms with E-state index in [2.05, 4.69) is 6.07 Å². The normalized spacial score (nSPS) is 41.6. The van der Waals surface area contributed by atoms with Crippen LogP contribution in [0.2, 0.25) is 0 Å². The first-order valence-electron chi connectivity index (χ1n) is 7.67. The maximum absolute atomic E-state index is 9.89. The third-order valence-electron chi connectivity index (χ3n) is 5.55. The van der Waals surface area contributed by atoms with Gasteiger partial charge in [0, 0.05) is 25.7 Å². The zero-order valence-corrected chi connectivity index (χ0v) is 11.7. The van der Waals surface area contributed by atoms with Crippen LogP contribution in [0.25, 0.3) is 0 Å². The van der Waals surface area contributed by atoms with Gasteiger partial charge in [0.25, 0.3) is 0 Å². The van der Waals surface area contributed by atoms with Gasteiger partial charge in [0.15, 0.2) is 11.6 Å². The molecule has 4 aliphatic rings. The molecule has 0 unspecified atom stereocenters. The van der Waals surface area contributed by atoms with Crippen LogP contribution in [0.5, 0.6) is 0 Å². The minimum absolute atomic E-state index is 0.421. The molecule has 0 amide bonds. The number of rotatable bonds is 0. The number of nitriles is 1. The lowest BCUT2D eigenvalue weighted by Crippen LogP contribution is -2.53. The van der Waals surface area contributed by atoms with Gasteiger partial charge < -0.3 is 18.9 Å². The lowest BCUT2D eigenvalue weighted by Gasteiger charge is -2.52. The van der Waals surface area contributed by atoms with Crippen LogP contribution in [-0.2, 0) is 18.9 Å². The zero-order valence-electron chi connectivity index (χ0n) is 11.7. The maximum atomic E-state index is 9.89. The molecular formula is C15H21NO4. The summed E-state index contributed by atoms with van der Waals surface area (Å²) >= 11 is 0. The van der Waals surface area contributed by atoms with Gasteiger partial charge in [0.2, 0.25) is 0 Å². The Kier molecular flexibility index (Phi) is 2.87. The summed E-state index contributed by atoms with van der Waals surface area (Å²) in [6.45, 7) is 2.57. The van der Waals surface area contributed by atoms with Crippen molar-refractivity contribution in [1.29, 1.82) is 5.26 Å². The third kappa shape index (κ3) is 1.82. The van der Waals surface area contributed by atoms with Gasteiger partial charge in [-0.05, 0) is 18.8 Å². The standard InChI is InChI=1S/C15H21NO4/c16-11-13-9-14(17-5-6-18-14)3-1-12(13)2-4-15(10-13)19-7-8-20-15/h12H,1-10H2. The minimum atomic E-state index is -0.524. The van der Waals surface area contributed by atoms with E-state index in [-0.39, 0.29) is 0 Å². The molecule has 20 heavy (non-hydrogen) atoms. The van der Waals surface area contributed by atoms with Crippen LogP contribution in [0, 0.1) is 22.7 Å². The van der Waals surface area contributed by atoms with Gasteiger partial charge in [0.1, 0.15) is 0 Å². The second kappa shape index (κ2) is 4.41. The highest BCUT2D eigenvalue weighted by Crippen LogP contribution is 2.58. The van der Waals surface area contributed by atoms with Gasteiger partial charge in [-0.15, -0.1) is 0 Å². The molecule has 2 aliphatic heterocycles. The van der Waals surface area contributed by atoms with Crippen LogP contribution < -0.4 is 0 Å². The van der Waals surface area contributed by atoms with Crippen LogP contribution in [-0.4, -0.2) is 38.0 Å². The van der Waals surface area contributed by atoms with E-state index in [4.69, 9.17) is 18.9 Å². The summed E-state index contributed by atoms with van der Waals surface area (Å²) in [5.41, 5.74) is -0.425. The summed E-state index contributed by atoms with van der Waals surface area (Å²) in [7, 11) is 0. The predicted molar refractivity (Wildman–Crippen MR) is 68.5 cm³/mol. The lowest BCUT2D eigenvalue weighted by molar-refractivity contribution is -0.251. The lowest BCUT2D eigenvalue weighted by atomic mass is 9.57. The quantitative estimate of drug-likeness (QED) is 0.678. The van der Waals surface area contributed by atoms with E-state index in [1.165, 1.54) is 0 Å². The summed E-state index contributed by atoms with van der Waals surface area (Å²) in [4.78, 5) is 0.